The molecule has 1 fully saturated rings. The van der Waals surface area contributed by atoms with Crippen LogP contribution >= 0.6 is 0 Å². The van der Waals surface area contributed by atoms with E-state index in [2.05, 4.69) is 43.1 Å². The molecule has 1 aromatic rings. The van der Waals surface area contributed by atoms with Gasteiger partial charge in [-0.25, -0.2) is 0 Å². The van der Waals surface area contributed by atoms with Crippen molar-refractivity contribution < 1.29 is 4.42 Å². The van der Waals surface area contributed by atoms with Crippen LogP contribution in [0.5, 0.6) is 0 Å². The first-order valence-electron chi connectivity index (χ1n) is 7.14. The van der Waals surface area contributed by atoms with Crippen molar-refractivity contribution in [1.82, 2.24) is 10.2 Å². The van der Waals surface area contributed by atoms with Gasteiger partial charge in [0.05, 0.1) is 6.54 Å². The van der Waals surface area contributed by atoms with E-state index in [4.69, 9.17) is 4.42 Å². The lowest BCUT2D eigenvalue weighted by molar-refractivity contribution is 0.0728. The van der Waals surface area contributed by atoms with Gasteiger partial charge in [-0.1, -0.05) is 13.8 Å². The van der Waals surface area contributed by atoms with Gasteiger partial charge in [-0.3, -0.25) is 4.90 Å². The molecule has 3 nitrogen and oxygen atoms in total. The first kappa shape index (κ1) is 13.6. The fraction of sp³-hybridized carbons (Fsp3) is 0.733. The minimum atomic E-state index is 0.605. The highest BCUT2D eigenvalue weighted by atomic mass is 16.3. The predicted octanol–water partition coefficient (Wildman–Crippen LogP) is 2.80. The highest BCUT2D eigenvalue weighted by Gasteiger charge is 2.32. The van der Waals surface area contributed by atoms with Crippen molar-refractivity contribution in [2.45, 2.75) is 52.7 Å². The number of nitrogens with one attached hydrogen (secondary N) is 1. The maximum absolute atomic E-state index is 5.69. The van der Waals surface area contributed by atoms with Crippen molar-refractivity contribution in [1.29, 1.82) is 0 Å². The summed E-state index contributed by atoms with van der Waals surface area (Å²) in [6.45, 7) is 12.1. The molecule has 102 valence electrons. The average Bonchev–Trinajstić information content (AvgIpc) is 2.75. The number of piperidine rings is 1. The Labute approximate surface area is 111 Å². The quantitative estimate of drug-likeness (QED) is 0.890. The molecule has 0 spiro atoms. The van der Waals surface area contributed by atoms with Gasteiger partial charge in [0.25, 0.3) is 0 Å². The summed E-state index contributed by atoms with van der Waals surface area (Å²) >= 11 is 0. The Hall–Kier alpha value is -0.800. The maximum atomic E-state index is 5.69. The molecule has 1 saturated heterocycles. The molecule has 0 amide bonds. The summed E-state index contributed by atoms with van der Waals surface area (Å²) in [5.41, 5.74) is 0. The van der Waals surface area contributed by atoms with Gasteiger partial charge in [0.2, 0.25) is 0 Å². The number of nitrogens with zero attached hydrogens (tertiary/aromatic N) is 1. The summed E-state index contributed by atoms with van der Waals surface area (Å²) in [4.78, 5) is 2.54. The van der Waals surface area contributed by atoms with Crippen molar-refractivity contribution in [3.63, 3.8) is 0 Å². The van der Waals surface area contributed by atoms with Gasteiger partial charge >= 0.3 is 0 Å². The van der Waals surface area contributed by atoms with Crippen molar-refractivity contribution in [3.8, 4) is 0 Å². The second-order valence-corrected chi connectivity index (χ2v) is 5.54. The smallest absolute Gasteiger partial charge is 0.118 e. The number of furan rings is 1. The molecule has 3 unspecified atom stereocenters. The van der Waals surface area contributed by atoms with Crippen molar-refractivity contribution in [2.24, 2.45) is 5.92 Å². The van der Waals surface area contributed by atoms with E-state index in [1.165, 1.54) is 6.42 Å². The summed E-state index contributed by atoms with van der Waals surface area (Å²) in [6, 6.07) is 5.42. The fourth-order valence-corrected chi connectivity index (χ4v) is 2.98. The van der Waals surface area contributed by atoms with E-state index < -0.39 is 0 Å². The van der Waals surface area contributed by atoms with Gasteiger partial charge in [-0.05, 0) is 44.9 Å². The van der Waals surface area contributed by atoms with Crippen LogP contribution in [0.3, 0.4) is 0 Å². The Morgan fingerprint density at radius 2 is 2.17 bits per heavy atom. The minimum Gasteiger partial charge on any atom is -0.465 e. The van der Waals surface area contributed by atoms with Crippen LogP contribution in [0.2, 0.25) is 0 Å². The molecule has 0 aromatic carbocycles. The first-order valence-corrected chi connectivity index (χ1v) is 7.14. The number of aryl methyl sites for hydroxylation is 1. The molecule has 18 heavy (non-hydrogen) atoms. The molecule has 1 N–H and O–H groups in total. The number of likely N-dealkylation sites (tertiary alicyclic amines) is 1. The third-order valence-corrected chi connectivity index (χ3v) is 4.32. The lowest BCUT2D eigenvalue weighted by Crippen LogP contribution is -2.52. The van der Waals surface area contributed by atoms with Gasteiger partial charge in [0, 0.05) is 18.6 Å². The van der Waals surface area contributed by atoms with Crippen molar-refractivity contribution >= 4 is 0 Å². The maximum Gasteiger partial charge on any atom is 0.118 e. The molecule has 2 heterocycles. The number of hydrogen-bond acceptors (Lipinski definition) is 3. The fourth-order valence-electron chi connectivity index (χ4n) is 2.98. The molecule has 3 atom stereocenters. The molecule has 3 heteroatoms. The topological polar surface area (TPSA) is 28.4 Å². The molecule has 0 bridgehead atoms. The SMILES string of the molecule is CCNC1CCN(Cc2ccc(C)o2)C(C)C1C. The Bertz CT molecular complexity index is 374. The third-order valence-electron chi connectivity index (χ3n) is 4.32. The van der Waals surface area contributed by atoms with E-state index in [-0.39, 0.29) is 0 Å². The monoisotopic (exact) mass is 250 g/mol. The molecule has 1 aliphatic heterocycles. The van der Waals surface area contributed by atoms with E-state index in [0.717, 1.165) is 31.2 Å². The lowest BCUT2D eigenvalue weighted by atomic mass is 9.87. The van der Waals surface area contributed by atoms with Crippen molar-refractivity contribution in [3.05, 3.63) is 23.7 Å². The zero-order valence-corrected chi connectivity index (χ0v) is 12.1. The summed E-state index contributed by atoms with van der Waals surface area (Å²) in [7, 11) is 0. The summed E-state index contributed by atoms with van der Waals surface area (Å²) in [5, 5.41) is 3.60. The van der Waals surface area contributed by atoms with Crippen LogP contribution in [-0.2, 0) is 6.54 Å². The molecule has 1 aromatic heterocycles. The van der Waals surface area contributed by atoms with Gasteiger partial charge in [0.15, 0.2) is 0 Å². The largest absolute Gasteiger partial charge is 0.465 e. The normalized spacial score (nSPS) is 29.7. The van der Waals surface area contributed by atoms with Gasteiger partial charge < -0.3 is 9.73 Å². The molecule has 1 aliphatic rings. The van der Waals surface area contributed by atoms with Crippen LogP contribution in [0.4, 0.5) is 0 Å². The van der Waals surface area contributed by atoms with Crippen LogP contribution in [0, 0.1) is 12.8 Å². The highest BCUT2D eigenvalue weighted by molar-refractivity contribution is 5.06. The Morgan fingerprint density at radius 1 is 1.39 bits per heavy atom. The van der Waals surface area contributed by atoms with Crippen LogP contribution in [-0.4, -0.2) is 30.1 Å². The predicted molar refractivity (Wildman–Crippen MR) is 74.6 cm³/mol. The summed E-state index contributed by atoms with van der Waals surface area (Å²) < 4.78 is 5.69. The second-order valence-electron chi connectivity index (χ2n) is 5.54. The van der Waals surface area contributed by atoms with Crippen LogP contribution in [0.15, 0.2) is 16.5 Å². The summed E-state index contributed by atoms with van der Waals surface area (Å²) in [5.74, 6) is 2.79. The Morgan fingerprint density at radius 3 is 2.78 bits per heavy atom. The molecule has 0 saturated carbocycles. The Balaban J connectivity index is 1.95. The van der Waals surface area contributed by atoms with Gasteiger partial charge in [-0.15, -0.1) is 0 Å². The molecule has 2 rings (SSSR count). The lowest BCUT2D eigenvalue weighted by Gasteiger charge is -2.42. The van der Waals surface area contributed by atoms with E-state index in [0.29, 0.717) is 18.0 Å². The van der Waals surface area contributed by atoms with Crippen molar-refractivity contribution in [2.75, 3.05) is 13.1 Å². The molecular formula is C15H26N2O. The van der Waals surface area contributed by atoms with Gasteiger partial charge in [-0.2, -0.15) is 0 Å². The zero-order valence-electron chi connectivity index (χ0n) is 12.1. The number of rotatable bonds is 4. The average molecular weight is 250 g/mol. The molecule has 0 radical (unpaired) electrons. The van der Waals surface area contributed by atoms with E-state index in [1.807, 2.05) is 6.92 Å². The van der Waals surface area contributed by atoms with Crippen LogP contribution in [0.25, 0.3) is 0 Å². The van der Waals surface area contributed by atoms with E-state index in [9.17, 15) is 0 Å². The van der Waals surface area contributed by atoms with Crippen LogP contribution in [0.1, 0.15) is 38.7 Å². The standard InChI is InChI=1S/C15H26N2O/c1-5-16-15-8-9-17(13(4)12(15)3)10-14-7-6-11(2)18-14/h6-7,12-13,15-16H,5,8-10H2,1-4H3. The third kappa shape index (κ3) is 2.96. The second kappa shape index (κ2) is 5.89. The highest BCUT2D eigenvalue weighted by Crippen LogP contribution is 2.25. The van der Waals surface area contributed by atoms with Gasteiger partial charge in [0.1, 0.15) is 11.5 Å². The number of hydrogen-bond donors (Lipinski definition) is 1. The van der Waals surface area contributed by atoms with E-state index >= 15 is 0 Å². The summed E-state index contributed by atoms with van der Waals surface area (Å²) in [6.07, 6.45) is 1.24. The first-order chi connectivity index (χ1) is 8.61. The minimum absolute atomic E-state index is 0.605. The van der Waals surface area contributed by atoms with E-state index in [1.54, 1.807) is 0 Å². The zero-order chi connectivity index (χ0) is 13.1. The molecular weight excluding hydrogens is 224 g/mol. The Kier molecular flexibility index (Phi) is 4.46. The van der Waals surface area contributed by atoms with Crippen LogP contribution < -0.4 is 5.32 Å². The molecule has 0 aliphatic carbocycles.